The van der Waals surface area contributed by atoms with Gasteiger partial charge in [0.05, 0.1) is 0 Å². The standard InChI is InChI=1S/C23H31N7S/c1-18-27-28-22(29(18)2)17-25-23(24-13-10-21-9-6-16-31-21)26-19-11-14-30(15-12-19)20-7-4-3-5-8-20/h3-9,16,19H,10-15,17H2,1-2H3,(H2,24,25,26). The largest absolute Gasteiger partial charge is 0.371 e. The van der Waals surface area contributed by atoms with Crippen LogP contribution in [0.5, 0.6) is 0 Å². The molecule has 0 saturated carbocycles. The number of hydrogen-bond donors (Lipinski definition) is 2. The first-order valence-electron chi connectivity index (χ1n) is 10.9. The minimum absolute atomic E-state index is 0.411. The van der Waals surface area contributed by atoms with Gasteiger partial charge in [0.1, 0.15) is 12.4 Å². The molecule has 1 aliphatic rings. The summed E-state index contributed by atoms with van der Waals surface area (Å²) in [6.45, 7) is 5.42. The molecule has 2 aromatic heterocycles. The van der Waals surface area contributed by atoms with E-state index in [0.29, 0.717) is 12.6 Å². The highest BCUT2D eigenvalue weighted by Gasteiger charge is 2.20. The molecular formula is C23H31N7S. The number of benzene rings is 1. The Morgan fingerprint density at radius 2 is 1.94 bits per heavy atom. The van der Waals surface area contributed by atoms with E-state index in [-0.39, 0.29) is 0 Å². The molecule has 1 aliphatic heterocycles. The summed E-state index contributed by atoms with van der Waals surface area (Å²) in [4.78, 5) is 8.66. The van der Waals surface area contributed by atoms with E-state index < -0.39 is 0 Å². The third-order valence-corrected chi connectivity index (χ3v) is 6.70. The summed E-state index contributed by atoms with van der Waals surface area (Å²) in [5, 5.41) is 17.7. The Morgan fingerprint density at radius 1 is 1.13 bits per heavy atom. The fourth-order valence-corrected chi connectivity index (χ4v) is 4.47. The number of aryl methyl sites for hydroxylation is 1. The predicted molar refractivity (Wildman–Crippen MR) is 128 cm³/mol. The van der Waals surface area contributed by atoms with Gasteiger partial charge in [-0.2, -0.15) is 0 Å². The van der Waals surface area contributed by atoms with Crippen molar-refractivity contribution in [2.24, 2.45) is 12.0 Å². The monoisotopic (exact) mass is 437 g/mol. The lowest BCUT2D eigenvalue weighted by atomic mass is 10.0. The van der Waals surface area contributed by atoms with Crippen LogP contribution in [-0.4, -0.2) is 46.4 Å². The number of nitrogens with one attached hydrogen (secondary N) is 2. The maximum Gasteiger partial charge on any atom is 0.191 e. The van der Waals surface area contributed by atoms with E-state index in [1.165, 1.54) is 10.6 Å². The second-order valence-corrected chi connectivity index (χ2v) is 8.92. The van der Waals surface area contributed by atoms with Gasteiger partial charge < -0.3 is 20.1 Å². The van der Waals surface area contributed by atoms with Crippen LogP contribution in [0.1, 0.15) is 29.4 Å². The lowest BCUT2D eigenvalue weighted by Crippen LogP contribution is -2.49. The highest BCUT2D eigenvalue weighted by Crippen LogP contribution is 2.19. The zero-order valence-corrected chi connectivity index (χ0v) is 19.1. The van der Waals surface area contributed by atoms with E-state index in [0.717, 1.165) is 56.5 Å². The lowest BCUT2D eigenvalue weighted by Gasteiger charge is -2.34. The van der Waals surface area contributed by atoms with E-state index in [2.05, 4.69) is 73.6 Å². The van der Waals surface area contributed by atoms with Crippen molar-refractivity contribution in [3.05, 3.63) is 64.4 Å². The van der Waals surface area contributed by atoms with Crippen molar-refractivity contribution in [3.8, 4) is 0 Å². The normalized spacial score (nSPS) is 15.3. The minimum atomic E-state index is 0.411. The maximum absolute atomic E-state index is 4.82. The first kappa shape index (κ1) is 21.4. The number of aromatic nitrogens is 3. The molecule has 3 heterocycles. The third kappa shape index (κ3) is 5.85. The Balaban J connectivity index is 1.35. The van der Waals surface area contributed by atoms with Crippen LogP contribution in [0.25, 0.3) is 0 Å². The maximum atomic E-state index is 4.82. The molecule has 0 atom stereocenters. The number of anilines is 1. The Bertz CT molecular complexity index is 957. The fourth-order valence-electron chi connectivity index (χ4n) is 3.76. The Labute approximate surface area is 188 Å². The quantitative estimate of drug-likeness (QED) is 0.439. The van der Waals surface area contributed by atoms with Gasteiger partial charge in [-0.25, -0.2) is 4.99 Å². The zero-order chi connectivity index (χ0) is 21.5. The molecule has 0 aliphatic carbocycles. The van der Waals surface area contributed by atoms with Crippen LogP contribution in [-0.2, 0) is 20.0 Å². The fraction of sp³-hybridized carbons (Fsp3) is 0.435. The van der Waals surface area contributed by atoms with Gasteiger partial charge >= 0.3 is 0 Å². The average Bonchev–Trinajstić information content (AvgIpc) is 3.43. The predicted octanol–water partition coefficient (Wildman–Crippen LogP) is 3.13. The summed E-state index contributed by atoms with van der Waals surface area (Å²) in [5.41, 5.74) is 1.31. The first-order valence-corrected chi connectivity index (χ1v) is 11.8. The molecule has 0 amide bonds. The Kier molecular flexibility index (Phi) is 7.19. The van der Waals surface area contributed by atoms with E-state index in [1.54, 1.807) is 11.3 Å². The first-order chi connectivity index (χ1) is 15.2. The van der Waals surface area contributed by atoms with Gasteiger partial charge in [-0.3, -0.25) is 0 Å². The van der Waals surface area contributed by atoms with Crippen LogP contribution in [0, 0.1) is 6.92 Å². The van der Waals surface area contributed by atoms with E-state index in [4.69, 9.17) is 4.99 Å². The van der Waals surface area contributed by atoms with Gasteiger partial charge in [-0.15, -0.1) is 21.5 Å². The molecule has 0 spiro atoms. The van der Waals surface area contributed by atoms with Crippen molar-refractivity contribution in [1.29, 1.82) is 0 Å². The van der Waals surface area contributed by atoms with Crippen LogP contribution >= 0.6 is 11.3 Å². The molecule has 7 nitrogen and oxygen atoms in total. The van der Waals surface area contributed by atoms with Crippen LogP contribution in [0.3, 0.4) is 0 Å². The van der Waals surface area contributed by atoms with Gasteiger partial charge in [-0.05, 0) is 49.8 Å². The molecule has 0 bridgehead atoms. The summed E-state index contributed by atoms with van der Waals surface area (Å²) in [6.07, 6.45) is 3.17. The summed E-state index contributed by atoms with van der Waals surface area (Å²) in [7, 11) is 1.98. The Hall–Kier alpha value is -2.87. The lowest BCUT2D eigenvalue weighted by molar-refractivity contribution is 0.461. The van der Waals surface area contributed by atoms with E-state index in [1.807, 2.05) is 18.5 Å². The van der Waals surface area contributed by atoms with Crippen molar-refractivity contribution >= 4 is 23.0 Å². The van der Waals surface area contributed by atoms with Crippen LogP contribution in [0.4, 0.5) is 5.69 Å². The summed E-state index contributed by atoms with van der Waals surface area (Å²) < 4.78 is 1.99. The number of thiophene rings is 1. The van der Waals surface area contributed by atoms with Gasteiger partial charge in [-0.1, -0.05) is 24.3 Å². The topological polar surface area (TPSA) is 70.4 Å². The molecule has 0 radical (unpaired) electrons. The molecule has 164 valence electrons. The second kappa shape index (κ2) is 10.4. The van der Waals surface area contributed by atoms with Crippen LogP contribution in [0.15, 0.2) is 52.8 Å². The van der Waals surface area contributed by atoms with E-state index in [9.17, 15) is 0 Å². The van der Waals surface area contributed by atoms with Crippen LogP contribution in [0.2, 0.25) is 0 Å². The number of guanidine groups is 1. The van der Waals surface area contributed by atoms with Gasteiger partial charge in [0, 0.05) is 43.3 Å². The van der Waals surface area contributed by atoms with Crippen LogP contribution < -0.4 is 15.5 Å². The number of aliphatic imine (C=N–C) groups is 1. The molecule has 0 unspecified atom stereocenters. The van der Waals surface area contributed by atoms with Crippen molar-refractivity contribution in [2.75, 3.05) is 24.5 Å². The summed E-state index contributed by atoms with van der Waals surface area (Å²) >= 11 is 1.80. The van der Waals surface area contributed by atoms with Crippen molar-refractivity contribution in [1.82, 2.24) is 25.4 Å². The van der Waals surface area contributed by atoms with Crippen molar-refractivity contribution in [3.63, 3.8) is 0 Å². The summed E-state index contributed by atoms with van der Waals surface area (Å²) in [6, 6.07) is 15.4. The zero-order valence-electron chi connectivity index (χ0n) is 18.3. The molecule has 8 heteroatoms. The summed E-state index contributed by atoms with van der Waals surface area (Å²) in [5.74, 6) is 2.63. The number of rotatable bonds is 7. The SMILES string of the molecule is Cc1nnc(CN=C(NCCc2cccs2)NC2CCN(c3ccccc3)CC2)n1C. The molecule has 31 heavy (non-hydrogen) atoms. The molecule has 3 aromatic rings. The number of hydrogen-bond acceptors (Lipinski definition) is 5. The molecule has 4 rings (SSSR count). The molecule has 1 saturated heterocycles. The molecular weight excluding hydrogens is 406 g/mol. The number of piperidine rings is 1. The van der Waals surface area contributed by atoms with E-state index >= 15 is 0 Å². The van der Waals surface area contributed by atoms with Gasteiger partial charge in [0.2, 0.25) is 0 Å². The smallest absolute Gasteiger partial charge is 0.191 e. The Morgan fingerprint density at radius 3 is 2.61 bits per heavy atom. The van der Waals surface area contributed by atoms with Gasteiger partial charge in [0.25, 0.3) is 0 Å². The van der Waals surface area contributed by atoms with Gasteiger partial charge in [0.15, 0.2) is 11.8 Å². The molecule has 1 aromatic carbocycles. The molecule has 1 fully saturated rings. The van der Waals surface area contributed by atoms with Crippen molar-refractivity contribution in [2.45, 2.75) is 38.8 Å². The minimum Gasteiger partial charge on any atom is -0.371 e. The average molecular weight is 438 g/mol. The number of para-hydroxylation sites is 1. The highest BCUT2D eigenvalue weighted by molar-refractivity contribution is 7.09. The second-order valence-electron chi connectivity index (χ2n) is 7.88. The van der Waals surface area contributed by atoms with Crippen molar-refractivity contribution < 1.29 is 0 Å². The number of nitrogens with zero attached hydrogens (tertiary/aromatic N) is 5. The highest BCUT2D eigenvalue weighted by atomic mass is 32.1. The molecule has 2 N–H and O–H groups in total. The third-order valence-electron chi connectivity index (χ3n) is 5.76.